The molecule has 0 bridgehead atoms. The molecule has 0 heterocycles. The van der Waals surface area contributed by atoms with Gasteiger partial charge in [0, 0.05) is 5.02 Å². The zero-order chi connectivity index (χ0) is 21.4. The third kappa shape index (κ3) is 6.54. The minimum absolute atomic E-state index is 0.184. The largest absolute Gasteiger partial charge is 0.493 e. The Morgan fingerprint density at radius 3 is 2.52 bits per heavy atom. The third-order valence-corrected chi connectivity index (χ3v) is 4.66. The molecule has 0 saturated carbocycles. The van der Waals surface area contributed by atoms with Crippen molar-refractivity contribution in [2.24, 2.45) is 0 Å². The molecule has 0 spiro atoms. The standard InChI is InChI=1S/C21H24Cl2N2O4/c1-4-9-29-18-8-5-14(10-19(18)28-3)13(2)25-20(26)12-24-21(27)16-7-6-15(22)11-17(16)23/h5-8,10-11,13H,4,9,12H2,1-3H3,(H,24,27)(H,25,26). The van der Waals surface area contributed by atoms with Crippen LogP contribution in [0, 0.1) is 0 Å². The van der Waals surface area contributed by atoms with Crippen LogP contribution in [0.2, 0.25) is 10.0 Å². The second-order valence-corrected chi connectivity index (χ2v) is 7.20. The van der Waals surface area contributed by atoms with Crippen LogP contribution in [0.3, 0.4) is 0 Å². The molecule has 6 nitrogen and oxygen atoms in total. The molecule has 29 heavy (non-hydrogen) atoms. The highest BCUT2D eigenvalue weighted by molar-refractivity contribution is 6.36. The fraction of sp³-hybridized carbons (Fsp3) is 0.333. The van der Waals surface area contributed by atoms with Crippen molar-refractivity contribution in [2.75, 3.05) is 20.3 Å². The monoisotopic (exact) mass is 438 g/mol. The van der Waals surface area contributed by atoms with Crippen LogP contribution in [0.4, 0.5) is 0 Å². The smallest absolute Gasteiger partial charge is 0.253 e. The zero-order valence-corrected chi connectivity index (χ0v) is 18.1. The summed E-state index contributed by atoms with van der Waals surface area (Å²) < 4.78 is 11.0. The number of carbonyl (C=O) groups excluding carboxylic acids is 2. The van der Waals surface area contributed by atoms with E-state index < -0.39 is 5.91 Å². The van der Waals surface area contributed by atoms with Crippen LogP contribution in [0.5, 0.6) is 11.5 Å². The lowest BCUT2D eigenvalue weighted by molar-refractivity contribution is -0.120. The van der Waals surface area contributed by atoms with Gasteiger partial charge in [-0.25, -0.2) is 0 Å². The fourth-order valence-electron chi connectivity index (χ4n) is 2.59. The van der Waals surface area contributed by atoms with Gasteiger partial charge in [-0.15, -0.1) is 0 Å². The van der Waals surface area contributed by atoms with Gasteiger partial charge in [-0.1, -0.05) is 36.2 Å². The summed E-state index contributed by atoms with van der Waals surface area (Å²) in [6.45, 7) is 4.28. The van der Waals surface area contributed by atoms with Crippen molar-refractivity contribution in [2.45, 2.75) is 26.3 Å². The molecule has 2 aromatic carbocycles. The van der Waals surface area contributed by atoms with Gasteiger partial charge < -0.3 is 20.1 Å². The van der Waals surface area contributed by atoms with Gasteiger partial charge >= 0.3 is 0 Å². The molecule has 8 heteroatoms. The maximum absolute atomic E-state index is 12.2. The lowest BCUT2D eigenvalue weighted by Crippen LogP contribution is -2.38. The number of carbonyl (C=O) groups is 2. The molecule has 2 aromatic rings. The van der Waals surface area contributed by atoms with Crippen molar-refractivity contribution in [3.8, 4) is 11.5 Å². The fourth-order valence-corrected chi connectivity index (χ4v) is 3.08. The predicted molar refractivity (Wildman–Crippen MR) is 114 cm³/mol. The number of ether oxygens (including phenoxy) is 2. The van der Waals surface area contributed by atoms with Gasteiger partial charge in [0.15, 0.2) is 11.5 Å². The number of benzene rings is 2. The molecule has 1 atom stereocenters. The first-order valence-electron chi connectivity index (χ1n) is 9.19. The first-order chi connectivity index (χ1) is 13.8. The molecule has 2 rings (SSSR count). The van der Waals surface area contributed by atoms with Crippen molar-refractivity contribution in [1.82, 2.24) is 10.6 Å². The second-order valence-electron chi connectivity index (χ2n) is 6.35. The van der Waals surface area contributed by atoms with Gasteiger partial charge in [0.2, 0.25) is 5.91 Å². The molecule has 0 saturated heterocycles. The Morgan fingerprint density at radius 2 is 1.86 bits per heavy atom. The van der Waals surface area contributed by atoms with Crippen molar-refractivity contribution in [1.29, 1.82) is 0 Å². The molecule has 0 aromatic heterocycles. The van der Waals surface area contributed by atoms with Crippen LogP contribution in [-0.4, -0.2) is 32.1 Å². The van der Waals surface area contributed by atoms with Crippen LogP contribution in [0.15, 0.2) is 36.4 Å². The Kier molecular flexibility index (Phi) is 8.61. The topological polar surface area (TPSA) is 76.7 Å². The van der Waals surface area contributed by atoms with Crippen LogP contribution >= 0.6 is 23.2 Å². The van der Waals surface area contributed by atoms with Crippen molar-refractivity contribution >= 4 is 35.0 Å². The van der Waals surface area contributed by atoms with E-state index in [9.17, 15) is 9.59 Å². The van der Waals surface area contributed by atoms with E-state index in [0.29, 0.717) is 23.1 Å². The van der Waals surface area contributed by atoms with Crippen molar-refractivity contribution in [3.63, 3.8) is 0 Å². The Bertz CT molecular complexity index is 874. The SMILES string of the molecule is CCCOc1ccc(C(C)NC(=O)CNC(=O)c2ccc(Cl)cc2Cl)cc1OC. The van der Waals surface area contributed by atoms with Crippen LogP contribution in [0.1, 0.15) is 42.2 Å². The minimum Gasteiger partial charge on any atom is -0.493 e. The summed E-state index contributed by atoms with van der Waals surface area (Å²) >= 11 is 11.8. The quantitative estimate of drug-likeness (QED) is 0.608. The van der Waals surface area contributed by atoms with E-state index >= 15 is 0 Å². The summed E-state index contributed by atoms with van der Waals surface area (Å²) in [4.78, 5) is 24.4. The Hall–Kier alpha value is -2.44. The first-order valence-corrected chi connectivity index (χ1v) is 9.94. The number of halogens is 2. The van der Waals surface area contributed by atoms with Gasteiger partial charge in [-0.2, -0.15) is 0 Å². The van der Waals surface area contributed by atoms with Gasteiger partial charge in [0.1, 0.15) is 0 Å². The zero-order valence-electron chi connectivity index (χ0n) is 16.6. The molecule has 156 valence electrons. The Balaban J connectivity index is 1.93. The molecule has 0 aliphatic heterocycles. The summed E-state index contributed by atoms with van der Waals surface area (Å²) in [5.41, 5.74) is 1.11. The number of methoxy groups -OCH3 is 1. The van der Waals surface area contributed by atoms with E-state index in [-0.39, 0.29) is 29.1 Å². The third-order valence-electron chi connectivity index (χ3n) is 4.11. The minimum atomic E-state index is -0.450. The number of hydrogen-bond donors (Lipinski definition) is 2. The van der Waals surface area contributed by atoms with Gasteiger partial charge in [0.05, 0.1) is 36.9 Å². The maximum atomic E-state index is 12.2. The summed E-state index contributed by atoms with van der Waals surface area (Å²) in [7, 11) is 1.57. The summed E-state index contributed by atoms with van der Waals surface area (Å²) in [6.07, 6.45) is 0.893. The molecule has 1 unspecified atom stereocenters. The van der Waals surface area contributed by atoms with E-state index in [1.807, 2.05) is 32.0 Å². The average molecular weight is 439 g/mol. The van der Waals surface area contributed by atoms with Crippen molar-refractivity contribution < 1.29 is 19.1 Å². The normalized spacial score (nSPS) is 11.5. The highest BCUT2D eigenvalue weighted by Crippen LogP contribution is 2.30. The highest BCUT2D eigenvalue weighted by atomic mass is 35.5. The molecule has 0 aliphatic carbocycles. The second kappa shape index (κ2) is 10.9. The van der Waals surface area contributed by atoms with E-state index in [0.717, 1.165) is 12.0 Å². The molecule has 2 N–H and O–H groups in total. The molecule has 0 aliphatic rings. The van der Waals surface area contributed by atoms with E-state index in [1.54, 1.807) is 13.2 Å². The van der Waals surface area contributed by atoms with Crippen LogP contribution in [0.25, 0.3) is 0 Å². The van der Waals surface area contributed by atoms with E-state index in [2.05, 4.69) is 10.6 Å². The molecular formula is C21H24Cl2N2O4. The summed E-state index contributed by atoms with van der Waals surface area (Å²) in [6, 6.07) is 9.76. The average Bonchev–Trinajstić information content (AvgIpc) is 2.70. The number of rotatable bonds is 9. The molecule has 0 fully saturated rings. The number of hydrogen-bond acceptors (Lipinski definition) is 4. The Labute approximate surface area is 180 Å². The van der Waals surface area contributed by atoms with Gasteiger partial charge in [-0.3, -0.25) is 9.59 Å². The number of nitrogens with one attached hydrogen (secondary N) is 2. The predicted octanol–water partition coefficient (Wildman–Crippen LogP) is 4.40. The van der Waals surface area contributed by atoms with Crippen molar-refractivity contribution in [3.05, 3.63) is 57.6 Å². The van der Waals surface area contributed by atoms with Crippen LogP contribution in [-0.2, 0) is 4.79 Å². The molecule has 0 radical (unpaired) electrons. The van der Waals surface area contributed by atoms with Crippen LogP contribution < -0.4 is 20.1 Å². The van der Waals surface area contributed by atoms with E-state index in [4.69, 9.17) is 32.7 Å². The lowest BCUT2D eigenvalue weighted by Gasteiger charge is -2.17. The highest BCUT2D eigenvalue weighted by Gasteiger charge is 2.15. The first kappa shape index (κ1) is 22.8. The summed E-state index contributed by atoms with van der Waals surface area (Å²) in [5.74, 6) is 0.473. The molecule has 2 amide bonds. The lowest BCUT2D eigenvalue weighted by atomic mass is 10.1. The summed E-state index contributed by atoms with van der Waals surface area (Å²) in [5, 5.41) is 6.04. The van der Waals surface area contributed by atoms with Gasteiger partial charge in [-0.05, 0) is 49.2 Å². The van der Waals surface area contributed by atoms with Gasteiger partial charge in [0.25, 0.3) is 5.91 Å². The van der Waals surface area contributed by atoms with E-state index in [1.165, 1.54) is 12.1 Å². The molecular weight excluding hydrogens is 415 g/mol. The Morgan fingerprint density at radius 1 is 1.10 bits per heavy atom. The number of amides is 2. The maximum Gasteiger partial charge on any atom is 0.253 e.